The van der Waals surface area contributed by atoms with Crippen molar-refractivity contribution in [3.63, 3.8) is 0 Å². The van der Waals surface area contributed by atoms with E-state index in [9.17, 15) is 14.4 Å². The van der Waals surface area contributed by atoms with E-state index in [1.807, 2.05) is 34.1 Å². The standard InChI is InChI=1S/C19H26BrN3O2.C14H19BrN2O.ClH/c1-12-8-13(2)11-23(10-12)19(25)15-9-14(20)5-6-16(15)22-18(24)17-4-3-7-21-17;1-9-5-10(2)8-17(7-9)14(18)12-6-11(15)3-4-13(12)16;/h5-6,9,12-13,17,21H,3-4,7-8,10-11H2,1-2H3,(H,22,24);3-4,6,9-10H,5,7-8,16H2,1-2H3;1H/t12-,13+,17-;9-,10+;/m0../s1. The summed E-state index contributed by atoms with van der Waals surface area (Å²) in [6.45, 7) is 12.8. The third-order valence-corrected chi connectivity index (χ3v) is 9.39. The van der Waals surface area contributed by atoms with Crippen molar-refractivity contribution in [2.45, 2.75) is 59.4 Å². The number of nitrogens with zero attached hydrogens (tertiary/aromatic N) is 2. The number of amides is 3. The molecular weight excluding hydrogens is 710 g/mol. The van der Waals surface area contributed by atoms with Crippen LogP contribution in [0.3, 0.4) is 0 Å². The molecular formula is C33H46Br2ClN5O3. The Hall–Kier alpha value is -2.14. The van der Waals surface area contributed by atoms with Gasteiger partial charge >= 0.3 is 0 Å². The van der Waals surface area contributed by atoms with Crippen LogP contribution in [0.15, 0.2) is 45.3 Å². The Morgan fingerprint density at radius 2 is 1.27 bits per heavy atom. The lowest BCUT2D eigenvalue weighted by atomic mass is 9.91. The molecule has 2 aromatic carbocycles. The highest BCUT2D eigenvalue weighted by Gasteiger charge is 2.30. The molecule has 3 saturated heterocycles. The predicted molar refractivity (Wildman–Crippen MR) is 187 cm³/mol. The number of hydrogen-bond acceptors (Lipinski definition) is 5. The normalized spacial score (nSPS) is 24.9. The van der Waals surface area contributed by atoms with Crippen LogP contribution in [0.5, 0.6) is 0 Å². The van der Waals surface area contributed by atoms with Crippen LogP contribution in [0.4, 0.5) is 11.4 Å². The van der Waals surface area contributed by atoms with Gasteiger partial charge in [0.05, 0.1) is 22.9 Å². The second-order valence-corrected chi connectivity index (χ2v) is 14.7. The second-order valence-electron chi connectivity index (χ2n) is 12.9. The van der Waals surface area contributed by atoms with Gasteiger partial charge in [-0.15, -0.1) is 12.4 Å². The number of nitrogens with two attached hydrogens (primary N) is 1. The summed E-state index contributed by atoms with van der Waals surface area (Å²) in [5.41, 5.74) is 8.20. The summed E-state index contributed by atoms with van der Waals surface area (Å²) in [4.78, 5) is 41.9. The lowest BCUT2D eigenvalue weighted by molar-refractivity contribution is -0.117. The van der Waals surface area contributed by atoms with Crippen molar-refractivity contribution < 1.29 is 14.4 Å². The van der Waals surface area contributed by atoms with Crippen LogP contribution >= 0.6 is 44.3 Å². The van der Waals surface area contributed by atoms with Crippen LogP contribution in [0.2, 0.25) is 0 Å². The molecule has 3 amide bonds. The number of likely N-dealkylation sites (tertiary alicyclic amines) is 2. The maximum Gasteiger partial charge on any atom is 0.256 e. The summed E-state index contributed by atoms with van der Waals surface area (Å²) < 4.78 is 1.73. The lowest BCUT2D eigenvalue weighted by Gasteiger charge is -2.35. The molecule has 2 aromatic rings. The van der Waals surface area contributed by atoms with Gasteiger partial charge in [-0.05, 0) is 92.3 Å². The number of carbonyl (C=O) groups is 3. The van der Waals surface area contributed by atoms with E-state index in [-0.39, 0.29) is 36.2 Å². The average molecular weight is 756 g/mol. The van der Waals surface area contributed by atoms with Crippen molar-refractivity contribution in [3.8, 4) is 0 Å². The van der Waals surface area contributed by atoms with E-state index in [0.29, 0.717) is 46.2 Å². The highest BCUT2D eigenvalue weighted by molar-refractivity contribution is 9.10. The summed E-state index contributed by atoms with van der Waals surface area (Å²) in [7, 11) is 0. The monoisotopic (exact) mass is 753 g/mol. The van der Waals surface area contributed by atoms with Gasteiger partial charge in [0.2, 0.25) is 5.91 Å². The van der Waals surface area contributed by atoms with E-state index in [0.717, 1.165) is 60.9 Å². The molecule has 242 valence electrons. The van der Waals surface area contributed by atoms with Crippen LogP contribution in [-0.2, 0) is 4.79 Å². The van der Waals surface area contributed by atoms with Gasteiger partial charge in [0.1, 0.15) is 0 Å². The van der Waals surface area contributed by atoms with Gasteiger partial charge < -0.3 is 26.2 Å². The molecule has 44 heavy (non-hydrogen) atoms. The number of nitrogen functional groups attached to an aromatic ring is 1. The third-order valence-electron chi connectivity index (χ3n) is 8.40. The molecule has 4 N–H and O–H groups in total. The Morgan fingerprint density at radius 3 is 1.77 bits per heavy atom. The highest BCUT2D eigenvalue weighted by Crippen LogP contribution is 2.28. The van der Waals surface area contributed by atoms with Crippen LogP contribution in [0, 0.1) is 23.7 Å². The molecule has 5 atom stereocenters. The third kappa shape index (κ3) is 9.68. The van der Waals surface area contributed by atoms with Crippen molar-refractivity contribution in [3.05, 3.63) is 56.5 Å². The minimum Gasteiger partial charge on any atom is -0.398 e. The number of benzene rings is 2. The van der Waals surface area contributed by atoms with Crippen LogP contribution in [0.25, 0.3) is 0 Å². The molecule has 0 saturated carbocycles. The Balaban J connectivity index is 0.000000247. The Morgan fingerprint density at radius 1 is 0.795 bits per heavy atom. The lowest BCUT2D eigenvalue weighted by Crippen LogP contribution is -2.43. The molecule has 0 spiro atoms. The topological polar surface area (TPSA) is 108 Å². The fourth-order valence-electron chi connectivity index (χ4n) is 6.64. The number of nitrogens with one attached hydrogen (secondary N) is 2. The molecule has 0 unspecified atom stereocenters. The van der Waals surface area contributed by atoms with Crippen molar-refractivity contribution in [2.24, 2.45) is 23.7 Å². The molecule has 0 aliphatic carbocycles. The van der Waals surface area contributed by atoms with Gasteiger partial charge in [0.15, 0.2) is 0 Å². The first-order valence-corrected chi connectivity index (χ1v) is 17.0. The first-order valence-electron chi connectivity index (χ1n) is 15.4. The molecule has 3 heterocycles. The van der Waals surface area contributed by atoms with Gasteiger partial charge in [0, 0.05) is 40.8 Å². The van der Waals surface area contributed by atoms with E-state index in [1.54, 1.807) is 12.1 Å². The Kier molecular flexibility index (Phi) is 13.6. The minimum atomic E-state index is -0.165. The van der Waals surface area contributed by atoms with Crippen molar-refractivity contribution >= 4 is 73.4 Å². The van der Waals surface area contributed by atoms with E-state index in [1.165, 1.54) is 6.42 Å². The van der Waals surface area contributed by atoms with Gasteiger partial charge in [0.25, 0.3) is 11.8 Å². The van der Waals surface area contributed by atoms with Gasteiger partial charge in [-0.25, -0.2) is 0 Å². The van der Waals surface area contributed by atoms with Crippen LogP contribution < -0.4 is 16.4 Å². The molecule has 0 bridgehead atoms. The Labute approximate surface area is 284 Å². The van der Waals surface area contributed by atoms with E-state index >= 15 is 0 Å². The molecule has 11 heteroatoms. The van der Waals surface area contributed by atoms with Gasteiger partial charge in [-0.1, -0.05) is 59.6 Å². The number of carbonyl (C=O) groups excluding carboxylic acids is 3. The highest BCUT2D eigenvalue weighted by atomic mass is 79.9. The molecule has 3 fully saturated rings. The minimum absolute atomic E-state index is 0. The zero-order chi connectivity index (χ0) is 31.3. The zero-order valence-electron chi connectivity index (χ0n) is 26.1. The van der Waals surface area contributed by atoms with Crippen molar-refractivity contribution in [1.82, 2.24) is 15.1 Å². The maximum absolute atomic E-state index is 13.1. The summed E-state index contributed by atoms with van der Waals surface area (Å²) in [6.07, 6.45) is 4.19. The van der Waals surface area contributed by atoms with Crippen molar-refractivity contribution in [1.29, 1.82) is 0 Å². The zero-order valence-corrected chi connectivity index (χ0v) is 30.1. The van der Waals surface area contributed by atoms with E-state index in [2.05, 4.69) is 70.2 Å². The number of halogens is 3. The van der Waals surface area contributed by atoms with E-state index < -0.39 is 0 Å². The molecule has 0 radical (unpaired) electrons. The molecule has 5 rings (SSSR count). The number of rotatable bonds is 4. The average Bonchev–Trinajstić information content (AvgIpc) is 3.49. The van der Waals surface area contributed by atoms with Gasteiger partial charge in [-0.2, -0.15) is 0 Å². The molecule has 8 nitrogen and oxygen atoms in total. The molecule has 3 aliphatic heterocycles. The first kappa shape index (κ1) is 36.3. The number of piperidine rings is 2. The quantitative estimate of drug-likeness (QED) is 0.297. The summed E-state index contributed by atoms with van der Waals surface area (Å²) >= 11 is 6.84. The van der Waals surface area contributed by atoms with Crippen molar-refractivity contribution in [2.75, 3.05) is 43.8 Å². The first-order chi connectivity index (χ1) is 20.4. The van der Waals surface area contributed by atoms with Crippen LogP contribution in [-0.4, -0.2) is 66.3 Å². The number of hydrogen-bond donors (Lipinski definition) is 3. The number of anilines is 2. The fourth-order valence-corrected chi connectivity index (χ4v) is 7.36. The predicted octanol–water partition coefficient (Wildman–Crippen LogP) is 6.83. The summed E-state index contributed by atoms with van der Waals surface area (Å²) in [5.74, 6) is 2.11. The fraction of sp³-hybridized carbons (Fsp3) is 0.545. The van der Waals surface area contributed by atoms with E-state index in [4.69, 9.17) is 5.73 Å². The van der Waals surface area contributed by atoms with Crippen LogP contribution in [0.1, 0.15) is 74.1 Å². The second kappa shape index (κ2) is 16.4. The SMILES string of the molecule is C[C@@H]1C[C@H](C)CN(C(=O)c2cc(Br)ccc2N)C1.C[C@@H]1C[C@H](C)CN(C(=O)c2cc(Br)ccc2NC(=O)[C@@H]2CCCN2)C1.Cl. The summed E-state index contributed by atoms with van der Waals surface area (Å²) in [5, 5.41) is 6.15. The smallest absolute Gasteiger partial charge is 0.256 e. The molecule has 0 aromatic heterocycles. The summed E-state index contributed by atoms with van der Waals surface area (Å²) in [6, 6.07) is 10.7. The Bertz CT molecular complexity index is 1300. The molecule has 3 aliphatic rings. The maximum atomic E-state index is 13.1. The largest absolute Gasteiger partial charge is 0.398 e. The van der Waals surface area contributed by atoms with Gasteiger partial charge in [-0.3, -0.25) is 14.4 Å².